The van der Waals surface area contributed by atoms with Crippen molar-refractivity contribution in [2.24, 2.45) is 5.73 Å². The lowest BCUT2D eigenvalue weighted by Gasteiger charge is -2.11. The van der Waals surface area contributed by atoms with Crippen LogP contribution in [0.4, 0.5) is 0 Å². The number of carbonyl (C=O) groups is 1. The third kappa shape index (κ3) is 2.62. The minimum atomic E-state index is -0.633. The van der Waals surface area contributed by atoms with Crippen molar-refractivity contribution in [2.45, 2.75) is 12.5 Å². The normalized spacial score (nSPS) is 12.4. The molecule has 0 aliphatic carbocycles. The van der Waals surface area contributed by atoms with Crippen LogP contribution in [0.15, 0.2) is 30.5 Å². The van der Waals surface area contributed by atoms with Gasteiger partial charge in [0.2, 0.25) is 0 Å². The molecule has 0 spiro atoms. The number of rotatable bonds is 3. The van der Waals surface area contributed by atoms with Gasteiger partial charge in [0.1, 0.15) is 9.74 Å². The number of esters is 1. The maximum absolute atomic E-state index is 11.4. The second-order valence-corrected chi connectivity index (χ2v) is 4.97. The highest BCUT2D eigenvalue weighted by Gasteiger charge is 2.15. The Hall–Kier alpha value is -1.21. The maximum Gasteiger partial charge on any atom is 0.322 e. The molecule has 0 fully saturated rings. The number of pyridine rings is 1. The van der Waals surface area contributed by atoms with Gasteiger partial charge in [-0.05, 0) is 46.0 Å². The molecule has 1 aromatic carbocycles. The van der Waals surface area contributed by atoms with E-state index in [9.17, 15) is 4.79 Å². The van der Waals surface area contributed by atoms with Crippen molar-refractivity contribution in [3.05, 3.63) is 39.7 Å². The first-order chi connectivity index (χ1) is 8.63. The minimum Gasteiger partial charge on any atom is -0.468 e. The number of methoxy groups -OCH3 is 1. The van der Waals surface area contributed by atoms with Gasteiger partial charge in [0.15, 0.2) is 0 Å². The zero-order valence-corrected chi connectivity index (χ0v) is 12.0. The van der Waals surface area contributed by atoms with Gasteiger partial charge in [-0.15, -0.1) is 0 Å². The van der Waals surface area contributed by atoms with Crippen molar-refractivity contribution in [1.82, 2.24) is 4.98 Å². The topological polar surface area (TPSA) is 65.2 Å². The summed E-state index contributed by atoms with van der Waals surface area (Å²) in [6.45, 7) is 0. The van der Waals surface area contributed by atoms with Crippen molar-refractivity contribution in [3.63, 3.8) is 0 Å². The average Bonchev–Trinajstić information content (AvgIpc) is 2.39. The zero-order valence-electron chi connectivity index (χ0n) is 9.89. The molecule has 0 unspecified atom stereocenters. The third-order valence-corrected chi connectivity index (χ3v) is 3.65. The average molecular weight is 356 g/mol. The number of nitrogens with two attached hydrogens (primary N) is 1. The Morgan fingerprint density at radius 3 is 2.94 bits per heavy atom. The van der Waals surface area contributed by atoms with Crippen LogP contribution in [-0.2, 0) is 16.0 Å². The van der Waals surface area contributed by atoms with E-state index in [1.54, 1.807) is 6.20 Å². The summed E-state index contributed by atoms with van der Waals surface area (Å²) in [5.74, 6) is -0.393. The lowest BCUT2D eigenvalue weighted by Crippen LogP contribution is -2.33. The molecular weight excluding hydrogens is 343 g/mol. The molecule has 0 bridgehead atoms. The number of hydrogen-bond donors (Lipinski definition) is 1. The summed E-state index contributed by atoms with van der Waals surface area (Å²) in [5, 5.41) is 2.16. The summed E-state index contributed by atoms with van der Waals surface area (Å²) >= 11 is 2.20. The fraction of sp³-hybridized carbons (Fsp3) is 0.231. The molecule has 0 saturated heterocycles. The molecule has 5 heteroatoms. The van der Waals surface area contributed by atoms with Crippen LogP contribution in [0.5, 0.6) is 0 Å². The van der Waals surface area contributed by atoms with E-state index in [2.05, 4.69) is 32.3 Å². The first-order valence-corrected chi connectivity index (χ1v) is 6.57. The van der Waals surface area contributed by atoms with Crippen LogP contribution >= 0.6 is 22.6 Å². The van der Waals surface area contributed by atoms with Gasteiger partial charge in [0.25, 0.3) is 0 Å². The second-order valence-electron chi connectivity index (χ2n) is 3.95. The van der Waals surface area contributed by atoms with Gasteiger partial charge in [-0.25, -0.2) is 4.98 Å². The van der Waals surface area contributed by atoms with E-state index >= 15 is 0 Å². The van der Waals surface area contributed by atoms with Gasteiger partial charge < -0.3 is 10.5 Å². The highest BCUT2D eigenvalue weighted by atomic mass is 127. The van der Waals surface area contributed by atoms with E-state index in [0.29, 0.717) is 6.42 Å². The van der Waals surface area contributed by atoms with Crippen LogP contribution in [0.25, 0.3) is 10.8 Å². The van der Waals surface area contributed by atoms with Crippen LogP contribution in [-0.4, -0.2) is 24.1 Å². The number of benzene rings is 1. The Balaban J connectivity index is 2.40. The van der Waals surface area contributed by atoms with Gasteiger partial charge in [-0.1, -0.05) is 18.2 Å². The van der Waals surface area contributed by atoms with Crippen molar-refractivity contribution in [1.29, 1.82) is 0 Å². The number of aromatic nitrogens is 1. The largest absolute Gasteiger partial charge is 0.468 e. The lowest BCUT2D eigenvalue weighted by atomic mass is 10.0. The van der Waals surface area contributed by atoms with Crippen LogP contribution in [0.2, 0.25) is 0 Å². The Morgan fingerprint density at radius 1 is 1.44 bits per heavy atom. The Kier molecular flexibility index (Phi) is 4.13. The molecular formula is C13H13IN2O2. The fourth-order valence-corrected chi connectivity index (χ4v) is 2.52. The molecule has 18 heavy (non-hydrogen) atoms. The summed E-state index contributed by atoms with van der Waals surface area (Å²) in [6, 6.07) is 7.24. The van der Waals surface area contributed by atoms with E-state index in [0.717, 1.165) is 20.0 Å². The monoisotopic (exact) mass is 356 g/mol. The molecule has 0 radical (unpaired) electrons. The molecule has 1 heterocycles. The number of nitrogens with zero attached hydrogens (tertiary/aromatic N) is 1. The summed E-state index contributed by atoms with van der Waals surface area (Å²) in [6.07, 6.45) is 2.22. The van der Waals surface area contributed by atoms with Crippen LogP contribution in [0, 0.1) is 3.70 Å². The van der Waals surface area contributed by atoms with Crippen molar-refractivity contribution < 1.29 is 9.53 Å². The first kappa shape index (κ1) is 13.2. The molecule has 2 rings (SSSR count). The van der Waals surface area contributed by atoms with Gasteiger partial charge in [0, 0.05) is 11.6 Å². The number of carbonyl (C=O) groups excluding carboxylic acids is 1. The zero-order chi connectivity index (χ0) is 13.1. The molecule has 1 aromatic heterocycles. The van der Waals surface area contributed by atoms with Crippen molar-refractivity contribution >= 4 is 39.3 Å². The van der Waals surface area contributed by atoms with Gasteiger partial charge in [-0.2, -0.15) is 0 Å². The Morgan fingerprint density at radius 2 is 2.22 bits per heavy atom. The molecule has 0 aliphatic rings. The second kappa shape index (κ2) is 5.62. The summed E-state index contributed by atoms with van der Waals surface area (Å²) < 4.78 is 5.59. The highest BCUT2D eigenvalue weighted by molar-refractivity contribution is 14.1. The van der Waals surface area contributed by atoms with E-state index in [1.165, 1.54) is 7.11 Å². The van der Waals surface area contributed by atoms with E-state index < -0.39 is 12.0 Å². The van der Waals surface area contributed by atoms with E-state index in [-0.39, 0.29) is 0 Å². The number of halogens is 1. The third-order valence-electron chi connectivity index (χ3n) is 2.79. The predicted octanol–water partition coefficient (Wildman–Crippen LogP) is 1.88. The first-order valence-electron chi connectivity index (χ1n) is 5.49. The quantitative estimate of drug-likeness (QED) is 0.518. The number of fused-ring (bicyclic) bond motifs is 1. The SMILES string of the molecule is COC(=O)[C@@H](N)Cc1cccc2c(I)nccc12. The molecule has 2 aromatic rings. The van der Waals surface area contributed by atoms with Gasteiger partial charge >= 0.3 is 5.97 Å². The number of ether oxygens (including phenoxy) is 1. The smallest absolute Gasteiger partial charge is 0.322 e. The standard InChI is InChI=1S/C13H13IN2O2/c1-18-13(17)11(15)7-8-3-2-4-10-9(8)5-6-16-12(10)14/h2-6,11H,7,15H2,1H3/t11-/m0/s1. The van der Waals surface area contributed by atoms with E-state index in [1.807, 2.05) is 24.3 Å². The van der Waals surface area contributed by atoms with Crippen molar-refractivity contribution in [3.8, 4) is 0 Å². The van der Waals surface area contributed by atoms with E-state index in [4.69, 9.17) is 5.73 Å². The number of hydrogen-bond acceptors (Lipinski definition) is 4. The summed E-state index contributed by atoms with van der Waals surface area (Å²) in [7, 11) is 1.35. The summed E-state index contributed by atoms with van der Waals surface area (Å²) in [4.78, 5) is 15.6. The molecule has 0 aliphatic heterocycles. The Bertz CT molecular complexity index is 586. The molecule has 0 saturated carbocycles. The fourth-order valence-electron chi connectivity index (χ4n) is 1.89. The molecule has 1 atom stereocenters. The minimum absolute atomic E-state index is 0.393. The molecule has 4 nitrogen and oxygen atoms in total. The summed E-state index contributed by atoms with van der Waals surface area (Å²) in [5.41, 5.74) is 6.83. The molecule has 94 valence electrons. The molecule has 2 N–H and O–H groups in total. The predicted molar refractivity (Wildman–Crippen MR) is 78.2 cm³/mol. The lowest BCUT2D eigenvalue weighted by molar-refractivity contribution is -0.142. The van der Waals surface area contributed by atoms with Crippen LogP contribution < -0.4 is 5.73 Å². The molecule has 0 amide bonds. The maximum atomic E-state index is 11.4. The highest BCUT2D eigenvalue weighted by Crippen LogP contribution is 2.22. The van der Waals surface area contributed by atoms with Crippen molar-refractivity contribution in [2.75, 3.05) is 7.11 Å². The van der Waals surface area contributed by atoms with Crippen LogP contribution in [0.1, 0.15) is 5.56 Å². The van der Waals surface area contributed by atoms with Gasteiger partial charge in [-0.3, -0.25) is 4.79 Å². The Labute approximate surface area is 119 Å². The van der Waals surface area contributed by atoms with Crippen LogP contribution in [0.3, 0.4) is 0 Å². The van der Waals surface area contributed by atoms with Gasteiger partial charge in [0.05, 0.1) is 7.11 Å².